The van der Waals surface area contributed by atoms with Crippen molar-refractivity contribution < 1.29 is 14.3 Å². The summed E-state index contributed by atoms with van der Waals surface area (Å²) < 4.78 is 11.1. The number of benzene rings is 1. The fourth-order valence-electron chi connectivity index (χ4n) is 3.02. The normalized spacial score (nSPS) is 20.3. The summed E-state index contributed by atoms with van der Waals surface area (Å²) in [7, 11) is 1.59. The molecule has 1 aromatic carbocycles. The standard InChI is InChI=1S/C18H28N2O3/c1-3-4-10-23-16-9-8-13(11-17(16)22-2)18(21)20-15-7-5-6-14(15)12-19/h8-9,11,14-15H,3-7,10,12,19H2,1-2H3,(H,20,21). The Kier molecular flexibility index (Phi) is 6.71. The molecule has 2 atom stereocenters. The van der Waals surface area contributed by atoms with Crippen molar-refractivity contribution >= 4 is 5.91 Å². The zero-order valence-corrected chi connectivity index (χ0v) is 14.1. The zero-order valence-electron chi connectivity index (χ0n) is 14.1. The molecule has 1 aromatic rings. The third-order valence-corrected chi connectivity index (χ3v) is 4.46. The average molecular weight is 320 g/mol. The number of carbonyl (C=O) groups excluding carboxylic acids is 1. The van der Waals surface area contributed by atoms with Crippen LogP contribution in [0.4, 0.5) is 0 Å². The Morgan fingerprint density at radius 2 is 2.17 bits per heavy atom. The van der Waals surface area contributed by atoms with Crippen LogP contribution in [0.1, 0.15) is 49.4 Å². The molecule has 23 heavy (non-hydrogen) atoms. The van der Waals surface area contributed by atoms with E-state index in [1.54, 1.807) is 25.3 Å². The van der Waals surface area contributed by atoms with E-state index in [-0.39, 0.29) is 11.9 Å². The quantitative estimate of drug-likeness (QED) is 0.722. The molecule has 0 heterocycles. The van der Waals surface area contributed by atoms with Crippen LogP contribution in [0.5, 0.6) is 11.5 Å². The summed E-state index contributed by atoms with van der Waals surface area (Å²) in [5.41, 5.74) is 6.36. The molecule has 1 aliphatic rings. The van der Waals surface area contributed by atoms with Crippen molar-refractivity contribution in [2.75, 3.05) is 20.3 Å². The topological polar surface area (TPSA) is 73.6 Å². The molecule has 128 valence electrons. The Hall–Kier alpha value is -1.75. The third-order valence-electron chi connectivity index (χ3n) is 4.46. The van der Waals surface area contributed by atoms with Gasteiger partial charge in [0.25, 0.3) is 5.91 Å². The lowest BCUT2D eigenvalue weighted by molar-refractivity contribution is 0.0928. The number of nitrogens with one attached hydrogen (secondary N) is 1. The second kappa shape index (κ2) is 8.77. The van der Waals surface area contributed by atoms with E-state index in [0.29, 0.717) is 36.1 Å². The van der Waals surface area contributed by atoms with E-state index in [9.17, 15) is 4.79 Å². The monoisotopic (exact) mass is 320 g/mol. The first-order chi connectivity index (χ1) is 11.2. The number of methoxy groups -OCH3 is 1. The van der Waals surface area contributed by atoms with Crippen molar-refractivity contribution in [3.05, 3.63) is 23.8 Å². The van der Waals surface area contributed by atoms with Gasteiger partial charge in [-0.05, 0) is 49.9 Å². The van der Waals surface area contributed by atoms with Gasteiger partial charge in [0.15, 0.2) is 11.5 Å². The Bertz CT molecular complexity index is 519. The highest BCUT2D eigenvalue weighted by molar-refractivity contribution is 5.95. The van der Waals surface area contributed by atoms with Gasteiger partial charge < -0.3 is 20.5 Å². The summed E-state index contributed by atoms with van der Waals surface area (Å²) in [6.07, 6.45) is 5.29. The fraction of sp³-hybridized carbons (Fsp3) is 0.611. The number of amides is 1. The van der Waals surface area contributed by atoms with Crippen molar-refractivity contribution in [1.29, 1.82) is 0 Å². The molecule has 1 aliphatic carbocycles. The largest absolute Gasteiger partial charge is 0.493 e. The molecular formula is C18H28N2O3. The van der Waals surface area contributed by atoms with Gasteiger partial charge in [-0.1, -0.05) is 19.8 Å². The lowest BCUT2D eigenvalue weighted by atomic mass is 10.0. The predicted molar refractivity (Wildman–Crippen MR) is 91.0 cm³/mol. The van der Waals surface area contributed by atoms with Crippen LogP contribution in [0.3, 0.4) is 0 Å². The van der Waals surface area contributed by atoms with Crippen LogP contribution in [-0.2, 0) is 0 Å². The van der Waals surface area contributed by atoms with Crippen LogP contribution < -0.4 is 20.5 Å². The van der Waals surface area contributed by atoms with E-state index < -0.39 is 0 Å². The number of nitrogens with two attached hydrogens (primary N) is 1. The molecule has 3 N–H and O–H groups in total. The number of rotatable bonds is 8. The zero-order chi connectivity index (χ0) is 16.7. The maximum Gasteiger partial charge on any atom is 0.251 e. The van der Waals surface area contributed by atoms with Gasteiger partial charge in [0.1, 0.15) is 0 Å². The van der Waals surface area contributed by atoms with Crippen molar-refractivity contribution in [2.45, 2.75) is 45.1 Å². The van der Waals surface area contributed by atoms with Crippen LogP contribution in [0.15, 0.2) is 18.2 Å². The van der Waals surface area contributed by atoms with Gasteiger partial charge in [-0.25, -0.2) is 0 Å². The van der Waals surface area contributed by atoms with E-state index in [1.807, 2.05) is 0 Å². The molecule has 0 spiro atoms. The predicted octanol–water partition coefficient (Wildman–Crippen LogP) is 2.73. The molecule has 1 saturated carbocycles. The van der Waals surface area contributed by atoms with Crippen LogP contribution in [0, 0.1) is 5.92 Å². The lowest BCUT2D eigenvalue weighted by Gasteiger charge is -2.20. The fourth-order valence-corrected chi connectivity index (χ4v) is 3.02. The molecule has 0 saturated heterocycles. The minimum absolute atomic E-state index is 0.0752. The van der Waals surface area contributed by atoms with Gasteiger partial charge in [-0.15, -0.1) is 0 Å². The SMILES string of the molecule is CCCCOc1ccc(C(=O)NC2CCCC2CN)cc1OC. The second-order valence-electron chi connectivity index (χ2n) is 6.07. The highest BCUT2D eigenvalue weighted by Crippen LogP contribution is 2.29. The number of carbonyl (C=O) groups is 1. The molecule has 5 heteroatoms. The summed E-state index contributed by atoms with van der Waals surface area (Å²) in [6, 6.07) is 5.51. The van der Waals surface area contributed by atoms with Crippen LogP contribution in [0.25, 0.3) is 0 Å². The summed E-state index contributed by atoms with van der Waals surface area (Å²) in [6.45, 7) is 3.39. The molecular weight excluding hydrogens is 292 g/mol. The van der Waals surface area contributed by atoms with Gasteiger partial charge in [-0.3, -0.25) is 4.79 Å². The van der Waals surface area contributed by atoms with Crippen molar-refractivity contribution in [3.8, 4) is 11.5 Å². The highest BCUT2D eigenvalue weighted by Gasteiger charge is 2.27. The minimum atomic E-state index is -0.0752. The van der Waals surface area contributed by atoms with Gasteiger partial charge in [0.2, 0.25) is 0 Å². The molecule has 0 aliphatic heterocycles. The smallest absolute Gasteiger partial charge is 0.251 e. The summed E-state index contributed by atoms with van der Waals surface area (Å²) >= 11 is 0. The second-order valence-corrected chi connectivity index (χ2v) is 6.07. The highest BCUT2D eigenvalue weighted by atomic mass is 16.5. The molecule has 0 aromatic heterocycles. The Morgan fingerprint density at radius 3 is 2.87 bits per heavy atom. The maximum absolute atomic E-state index is 12.5. The van der Waals surface area contributed by atoms with E-state index in [1.165, 1.54) is 0 Å². The van der Waals surface area contributed by atoms with E-state index in [2.05, 4.69) is 12.2 Å². The molecule has 1 fully saturated rings. The third kappa shape index (κ3) is 4.61. The van der Waals surface area contributed by atoms with Gasteiger partial charge in [-0.2, -0.15) is 0 Å². The van der Waals surface area contributed by atoms with Gasteiger partial charge >= 0.3 is 0 Å². The molecule has 0 radical (unpaired) electrons. The van der Waals surface area contributed by atoms with Crippen LogP contribution in [-0.4, -0.2) is 32.2 Å². The number of unbranched alkanes of at least 4 members (excludes halogenated alkanes) is 1. The van der Waals surface area contributed by atoms with E-state index >= 15 is 0 Å². The summed E-state index contributed by atoms with van der Waals surface area (Å²) in [5.74, 6) is 1.58. The first-order valence-electron chi connectivity index (χ1n) is 8.51. The number of ether oxygens (including phenoxy) is 2. The molecule has 5 nitrogen and oxygen atoms in total. The van der Waals surface area contributed by atoms with E-state index in [4.69, 9.17) is 15.2 Å². The molecule has 1 amide bonds. The van der Waals surface area contributed by atoms with Gasteiger partial charge in [0, 0.05) is 11.6 Å². The van der Waals surface area contributed by atoms with Crippen LogP contribution in [0.2, 0.25) is 0 Å². The molecule has 0 bridgehead atoms. The van der Waals surface area contributed by atoms with Crippen LogP contribution >= 0.6 is 0 Å². The van der Waals surface area contributed by atoms with Gasteiger partial charge in [0.05, 0.1) is 13.7 Å². The summed E-state index contributed by atoms with van der Waals surface area (Å²) in [4.78, 5) is 12.5. The van der Waals surface area contributed by atoms with Crippen molar-refractivity contribution in [1.82, 2.24) is 5.32 Å². The van der Waals surface area contributed by atoms with Crippen molar-refractivity contribution in [3.63, 3.8) is 0 Å². The minimum Gasteiger partial charge on any atom is -0.493 e. The first kappa shape index (κ1) is 17.6. The average Bonchev–Trinajstić information content (AvgIpc) is 3.02. The maximum atomic E-state index is 12.5. The summed E-state index contributed by atoms with van der Waals surface area (Å²) in [5, 5.41) is 3.10. The Balaban J connectivity index is 2.02. The number of hydrogen-bond acceptors (Lipinski definition) is 4. The molecule has 2 rings (SSSR count). The Labute approximate surface area is 138 Å². The molecule has 2 unspecified atom stereocenters. The van der Waals surface area contributed by atoms with Crippen molar-refractivity contribution in [2.24, 2.45) is 11.7 Å². The lowest BCUT2D eigenvalue weighted by Crippen LogP contribution is -2.39. The first-order valence-corrected chi connectivity index (χ1v) is 8.51. The Morgan fingerprint density at radius 1 is 1.35 bits per heavy atom. The number of hydrogen-bond donors (Lipinski definition) is 2. The van der Waals surface area contributed by atoms with E-state index in [0.717, 1.165) is 32.1 Å².